The lowest BCUT2D eigenvalue weighted by Crippen LogP contribution is -2.51. The topological polar surface area (TPSA) is 142 Å². The van der Waals surface area contributed by atoms with E-state index in [0.717, 1.165) is 126 Å². The average Bonchev–Trinajstić information content (AvgIpc) is 3.49. The van der Waals surface area contributed by atoms with Gasteiger partial charge in [-0.1, -0.05) is 11.6 Å². The zero-order valence-electron chi connectivity index (χ0n) is 34.9. The molecule has 3 aromatic rings. The van der Waals surface area contributed by atoms with Crippen LogP contribution in [0.5, 0.6) is 5.75 Å². The Morgan fingerprint density at radius 3 is 2.32 bits per heavy atom. The van der Waals surface area contributed by atoms with Gasteiger partial charge in [0.25, 0.3) is 0 Å². The molecular weight excluding hydrogens is 780 g/mol. The van der Waals surface area contributed by atoms with Gasteiger partial charge in [-0.3, -0.25) is 34.3 Å². The Kier molecular flexibility index (Phi) is 14.5. The number of hydrogen-bond acceptors (Lipinski definition) is 12. The lowest BCUT2D eigenvalue weighted by molar-refractivity contribution is -0.137. The van der Waals surface area contributed by atoms with Crippen LogP contribution in [0.15, 0.2) is 48.7 Å². The molecular formula is C46H57ClN8O5. The van der Waals surface area contributed by atoms with Gasteiger partial charge in [-0.25, -0.2) is 4.98 Å². The lowest BCUT2D eigenvalue weighted by atomic mass is 9.91. The van der Waals surface area contributed by atoms with Gasteiger partial charge in [0, 0.05) is 93.9 Å². The van der Waals surface area contributed by atoms with Crippen molar-refractivity contribution in [1.82, 2.24) is 25.0 Å². The molecule has 60 heavy (non-hydrogen) atoms. The number of nitrogens with zero attached hydrogens (tertiary/aromatic N) is 7. The number of carbonyl (C=O) groups is 4. The second-order valence-electron chi connectivity index (χ2n) is 17.0. The number of aldehydes is 2. The van der Waals surface area contributed by atoms with Gasteiger partial charge in [0.1, 0.15) is 23.9 Å². The Labute approximate surface area is 358 Å². The van der Waals surface area contributed by atoms with Gasteiger partial charge in [0.2, 0.25) is 11.8 Å². The van der Waals surface area contributed by atoms with E-state index in [1.807, 2.05) is 30.1 Å². The van der Waals surface area contributed by atoms with Crippen LogP contribution in [0.1, 0.15) is 95.2 Å². The molecule has 1 unspecified atom stereocenters. The largest absolute Gasteiger partial charge is 0.490 e. The molecule has 1 N–H and O–H groups in total. The normalized spacial score (nSPS) is 22.0. The van der Waals surface area contributed by atoms with Crippen molar-refractivity contribution in [3.05, 3.63) is 81.5 Å². The van der Waals surface area contributed by atoms with Gasteiger partial charge in [-0.2, -0.15) is 5.26 Å². The summed E-state index contributed by atoms with van der Waals surface area (Å²) in [7, 11) is 4.01. The molecule has 3 saturated heterocycles. The summed E-state index contributed by atoms with van der Waals surface area (Å²) in [6, 6.07) is 15.4. The van der Waals surface area contributed by atoms with Crippen LogP contribution in [0.25, 0.3) is 0 Å². The second kappa shape index (κ2) is 20.1. The van der Waals surface area contributed by atoms with E-state index in [9.17, 15) is 19.2 Å². The number of carbonyl (C=O) groups excluding carboxylic acids is 4. The minimum absolute atomic E-state index is 0.101. The number of rotatable bonds is 14. The first-order valence-electron chi connectivity index (χ1n) is 21.5. The Morgan fingerprint density at radius 2 is 1.60 bits per heavy atom. The number of aromatic nitrogens is 1. The minimum atomic E-state index is -0.402. The third kappa shape index (κ3) is 10.7. The second-order valence-corrected chi connectivity index (χ2v) is 17.4. The number of imide groups is 1. The van der Waals surface area contributed by atoms with Crippen LogP contribution < -0.4 is 19.9 Å². The van der Waals surface area contributed by atoms with Crippen molar-refractivity contribution in [1.29, 1.82) is 5.26 Å². The highest BCUT2D eigenvalue weighted by molar-refractivity contribution is 6.31. The first-order valence-corrected chi connectivity index (χ1v) is 21.8. The van der Waals surface area contributed by atoms with E-state index in [0.29, 0.717) is 65.4 Å². The van der Waals surface area contributed by atoms with E-state index in [-0.39, 0.29) is 17.9 Å². The molecule has 1 atom stereocenters. The molecule has 4 fully saturated rings. The van der Waals surface area contributed by atoms with Crippen molar-refractivity contribution in [3.63, 3.8) is 0 Å². The molecule has 0 bridgehead atoms. The maximum absolute atomic E-state index is 12.5. The Morgan fingerprint density at radius 1 is 0.850 bits per heavy atom. The number of nitriles is 1. The molecule has 13 nitrogen and oxygen atoms in total. The summed E-state index contributed by atoms with van der Waals surface area (Å²) in [6.45, 7) is 7.89. The summed E-state index contributed by atoms with van der Waals surface area (Å²) in [4.78, 5) is 64.6. The number of hydrogen-bond donors (Lipinski definition) is 1. The first kappa shape index (κ1) is 43.2. The highest BCUT2D eigenvalue weighted by Gasteiger charge is 2.31. The molecule has 1 saturated carbocycles. The number of anilines is 2. The predicted molar refractivity (Wildman–Crippen MR) is 232 cm³/mol. The molecule has 3 aliphatic heterocycles. The molecule has 0 spiro atoms. The Bertz CT molecular complexity index is 2060. The van der Waals surface area contributed by atoms with Gasteiger partial charge >= 0.3 is 0 Å². The van der Waals surface area contributed by atoms with Crippen LogP contribution in [-0.2, 0) is 22.7 Å². The predicted octanol–water partition coefficient (Wildman–Crippen LogP) is 5.72. The highest BCUT2D eigenvalue weighted by atomic mass is 35.5. The van der Waals surface area contributed by atoms with Crippen LogP contribution in [0, 0.1) is 17.2 Å². The van der Waals surface area contributed by atoms with Gasteiger partial charge in [0.15, 0.2) is 6.29 Å². The standard InChI is InChI=1S/C46H57ClN8O5/c1-51(38-7-10-40(11-8-38)60-41-9-5-33(25-48)42(47)24-41)28-36-23-44(49-26-37(36)31-57)55-18-14-32(15-19-55)27-53-16-3-17-54(21-20-53)39-6-4-34(30-56)35(22-39)29-52(2)43-12-13-45(58)50-46(43)59/h4-6,9,22-24,26,30-32,38,40,43H,3,7-8,10-21,27-29H2,1-2H3,(H,50,58,59). The molecule has 1 aromatic heterocycles. The van der Waals surface area contributed by atoms with Gasteiger partial charge < -0.3 is 19.4 Å². The summed E-state index contributed by atoms with van der Waals surface area (Å²) in [6.07, 6.45) is 11.5. The van der Waals surface area contributed by atoms with Crippen LogP contribution in [0.2, 0.25) is 5.02 Å². The lowest BCUT2D eigenvalue weighted by Gasteiger charge is -2.36. The van der Waals surface area contributed by atoms with Gasteiger partial charge in [-0.05, 0) is 125 Å². The fourth-order valence-electron chi connectivity index (χ4n) is 9.41. The molecule has 4 aliphatic rings. The zero-order valence-corrected chi connectivity index (χ0v) is 35.6. The summed E-state index contributed by atoms with van der Waals surface area (Å²) >= 11 is 6.22. The molecule has 14 heteroatoms. The van der Waals surface area contributed by atoms with Crippen LogP contribution in [0.4, 0.5) is 11.5 Å². The third-order valence-electron chi connectivity index (χ3n) is 13.0. The molecule has 4 heterocycles. The van der Waals surface area contributed by atoms with E-state index in [2.05, 4.69) is 50.2 Å². The van der Waals surface area contributed by atoms with Crippen molar-refractivity contribution >= 4 is 47.5 Å². The van der Waals surface area contributed by atoms with Crippen LogP contribution in [-0.4, -0.2) is 122 Å². The zero-order chi connectivity index (χ0) is 42.2. The molecule has 0 radical (unpaired) electrons. The molecule has 2 aromatic carbocycles. The SMILES string of the molecule is CN(Cc1cc(N2CCC(CN3CCCN(c4ccc(C=O)c(CN(C)C5CCC(=O)NC5=O)c4)CC3)CC2)ncc1C=O)C1CCC(Oc2ccc(C#N)c(Cl)c2)CC1. The van der Waals surface area contributed by atoms with E-state index >= 15 is 0 Å². The Hall–Kier alpha value is -4.87. The number of likely N-dealkylation sites (N-methyl/N-ethyl adjacent to an activating group) is 1. The van der Waals surface area contributed by atoms with E-state index in [1.165, 1.54) is 0 Å². The molecule has 1 aliphatic carbocycles. The van der Waals surface area contributed by atoms with E-state index in [4.69, 9.17) is 26.6 Å². The fraction of sp³-hybridized carbons (Fsp3) is 0.522. The molecule has 318 valence electrons. The quantitative estimate of drug-likeness (QED) is 0.157. The monoisotopic (exact) mass is 836 g/mol. The Balaban J connectivity index is 0.874. The summed E-state index contributed by atoms with van der Waals surface area (Å²) in [5, 5.41) is 12.0. The van der Waals surface area contributed by atoms with Crippen LogP contribution in [0.3, 0.4) is 0 Å². The van der Waals surface area contributed by atoms with Crippen molar-refractivity contribution in [2.75, 3.05) is 69.7 Å². The van der Waals surface area contributed by atoms with E-state index < -0.39 is 6.04 Å². The summed E-state index contributed by atoms with van der Waals surface area (Å²) in [5.41, 5.74) is 4.68. The number of pyridine rings is 1. The number of piperidine rings is 2. The number of nitrogens with one attached hydrogen (secondary N) is 1. The third-order valence-corrected chi connectivity index (χ3v) is 13.3. The van der Waals surface area contributed by atoms with Gasteiger partial charge in [-0.15, -0.1) is 0 Å². The van der Waals surface area contributed by atoms with Crippen molar-refractivity contribution < 1.29 is 23.9 Å². The van der Waals surface area contributed by atoms with Crippen molar-refractivity contribution in [3.8, 4) is 11.8 Å². The summed E-state index contributed by atoms with van der Waals surface area (Å²) < 4.78 is 6.21. The van der Waals surface area contributed by atoms with Gasteiger partial charge in [0.05, 0.1) is 22.7 Å². The fourth-order valence-corrected chi connectivity index (χ4v) is 9.62. The highest BCUT2D eigenvalue weighted by Crippen LogP contribution is 2.31. The molecule has 7 rings (SSSR count). The maximum Gasteiger partial charge on any atom is 0.243 e. The van der Waals surface area contributed by atoms with Crippen molar-refractivity contribution in [2.24, 2.45) is 5.92 Å². The number of ether oxygens (including phenoxy) is 1. The minimum Gasteiger partial charge on any atom is -0.490 e. The average molecular weight is 837 g/mol. The van der Waals surface area contributed by atoms with E-state index in [1.54, 1.807) is 18.3 Å². The van der Waals surface area contributed by atoms with Crippen LogP contribution >= 0.6 is 11.6 Å². The number of amides is 2. The smallest absolute Gasteiger partial charge is 0.243 e. The first-order chi connectivity index (χ1) is 29.1. The molecule has 2 amide bonds. The summed E-state index contributed by atoms with van der Waals surface area (Å²) in [5.74, 6) is 1.72. The maximum atomic E-state index is 12.5. The van der Waals surface area contributed by atoms with Crippen molar-refractivity contribution in [2.45, 2.75) is 89.1 Å². The number of halogens is 1. The number of benzene rings is 2.